The summed E-state index contributed by atoms with van der Waals surface area (Å²) in [5.74, 6) is -0.269. The number of thiophene rings is 1. The van der Waals surface area contributed by atoms with Crippen molar-refractivity contribution in [3.05, 3.63) is 91.1 Å². The summed E-state index contributed by atoms with van der Waals surface area (Å²) in [6.45, 7) is 8.03. The molecule has 1 aromatic heterocycles. The van der Waals surface area contributed by atoms with Crippen LogP contribution in [-0.2, 0) is 21.4 Å². The van der Waals surface area contributed by atoms with Gasteiger partial charge in [0.15, 0.2) is 0 Å². The number of fused-ring (bicyclic) bond motifs is 1. The number of carbonyl (C=O) groups excluding carboxylic acids is 2. The minimum Gasteiger partial charge on any atom is -0.376 e. The molecule has 8 heteroatoms. The molecule has 2 aliphatic rings. The average molecular weight is 586 g/mol. The topological polar surface area (TPSA) is 49.9 Å². The highest BCUT2D eigenvalue weighted by molar-refractivity contribution is 7.10. The molecule has 0 bridgehead atoms. The van der Waals surface area contributed by atoms with Crippen LogP contribution in [0.1, 0.15) is 71.6 Å². The van der Waals surface area contributed by atoms with Gasteiger partial charge in [0.05, 0.1) is 12.1 Å². The van der Waals surface area contributed by atoms with Crippen molar-refractivity contribution in [1.29, 1.82) is 0 Å². The maximum absolute atomic E-state index is 14.0. The third-order valence-electron chi connectivity index (χ3n) is 7.60. The molecule has 0 radical (unpaired) electrons. The van der Waals surface area contributed by atoms with Crippen LogP contribution in [0.25, 0.3) is 0 Å². The number of hydrogen-bond donors (Lipinski definition) is 0. The van der Waals surface area contributed by atoms with Gasteiger partial charge in [-0.25, -0.2) is 0 Å². The fourth-order valence-electron chi connectivity index (χ4n) is 5.45. The molecular weight excluding hydrogens is 551 g/mol. The molecule has 0 saturated carbocycles. The molecule has 3 aromatic rings. The van der Waals surface area contributed by atoms with Gasteiger partial charge in [-0.05, 0) is 77.1 Å². The van der Waals surface area contributed by atoms with Crippen molar-refractivity contribution in [2.45, 2.75) is 57.6 Å². The highest BCUT2D eigenvalue weighted by atomic mass is 35.5. The van der Waals surface area contributed by atoms with Crippen LogP contribution in [0.2, 0.25) is 10.0 Å². The number of nitrogens with zero attached hydrogens (tertiary/aromatic N) is 2. The first-order chi connectivity index (χ1) is 18.6. The van der Waals surface area contributed by atoms with E-state index in [-0.39, 0.29) is 35.9 Å². The van der Waals surface area contributed by atoms with Crippen LogP contribution in [-0.4, -0.2) is 54.0 Å². The number of carbonyl (C=O) groups is 2. The molecule has 2 amide bonds. The maximum Gasteiger partial charge on any atom is 0.254 e. The number of benzene rings is 2. The smallest absolute Gasteiger partial charge is 0.254 e. The molecule has 1 saturated heterocycles. The van der Waals surface area contributed by atoms with E-state index in [0.717, 1.165) is 36.0 Å². The summed E-state index contributed by atoms with van der Waals surface area (Å²) < 4.78 is 5.87. The lowest BCUT2D eigenvalue weighted by atomic mass is 9.86. The zero-order chi connectivity index (χ0) is 27.7. The van der Waals surface area contributed by atoms with E-state index >= 15 is 0 Å². The first-order valence-corrected chi connectivity index (χ1v) is 15.1. The maximum atomic E-state index is 14.0. The van der Waals surface area contributed by atoms with Gasteiger partial charge in [0.2, 0.25) is 5.91 Å². The molecule has 2 atom stereocenters. The van der Waals surface area contributed by atoms with E-state index in [0.29, 0.717) is 35.3 Å². The standard InChI is InChI=1S/C31H34Cl2N2O3S/c1-31(2,3)21-8-6-20(7-9-21)30(37)34(18-23-5-4-15-38-23)19-28(36)35-14-12-27-25(13-16-39-27)29(35)24-11-10-22(32)17-26(24)33/h6-11,13,16-17,23,29H,4-5,12,14-15,18-19H2,1-3H3. The lowest BCUT2D eigenvalue weighted by molar-refractivity contribution is -0.134. The van der Waals surface area contributed by atoms with Crippen LogP contribution in [0.3, 0.4) is 0 Å². The van der Waals surface area contributed by atoms with E-state index in [1.165, 1.54) is 4.88 Å². The largest absolute Gasteiger partial charge is 0.376 e. The van der Waals surface area contributed by atoms with Crippen LogP contribution in [0.15, 0.2) is 53.9 Å². The number of ether oxygens (including phenoxy) is 1. The first kappa shape index (κ1) is 28.2. The molecule has 5 rings (SSSR count). The minimum absolute atomic E-state index is 0.0123. The first-order valence-electron chi connectivity index (χ1n) is 13.4. The Morgan fingerprint density at radius 1 is 1.08 bits per heavy atom. The summed E-state index contributed by atoms with van der Waals surface area (Å²) in [5, 5.41) is 3.13. The van der Waals surface area contributed by atoms with E-state index in [1.807, 2.05) is 35.2 Å². The minimum atomic E-state index is -0.331. The van der Waals surface area contributed by atoms with Gasteiger partial charge in [0, 0.05) is 40.2 Å². The zero-order valence-corrected chi connectivity index (χ0v) is 24.9. The molecule has 0 spiro atoms. The van der Waals surface area contributed by atoms with Crippen LogP contribution >= 0.6 is 34.5 Å². The van der Waals surface area contributed by atoms with Crippen molar-refractivity contribution < 1.29 is 14.3 Å². The molecule has 2 aromatic carbocycles. The van der Waals surface area contributed by atoms with Gasteiger partial charge in [0.25, 0.3) is 5.91 Å². The normalized spacial score (nSPS) is 19.2. The molecule has 5 nitrogen and oxygen atoms in total. The molecule has 39 heavy (non-hydrogen) atoms. The summed E-state index contributed by atoms with van der Waals surface area (Å²) in [6, 6.07) is 14.9. The molecular formula is C31H34Cl2N2O3S. The van der Waals surface area contributed by atoms with E-state index in [2.05, 4.69) is 32.2 Å². The van der Waals surface area contributed by atoms with E-state index in [9.17, 15) is 9.59 Å². The quantitative estimate of drug-likeness (QED) is 0.309. The molecule has 3 heterocycles. The van der Waals surface area contributed by atoms with Gasteiger partial charge in [-0.1, -0.05) is 62.2 Å². The third-order valence-corrected chi connectivity index (χ3v) is 9.16. The SMILES string of the molecule is CC(C)(C)c1ccc(C(=O)N(CC(=O)N2CCc3sccc3C2c2ccc(Cl)cc2Cl)CC2CCCO2)cc1. The Bertz CT molecular complexity index is 1340. The molecule has 0 N–H and O–H groups in total. The third kappa shape index (κ3) is 6.19. The summed E-state index contributed by atoms with van der Waals surface area (Å²) in [4.78, 5) is 32.6. The number of hydrogen-bond acceptors (Lipinski definition) is 4. The average Bonchev–Trinajstić information content (AvgIpc) is 3.59. The summed E-state index contributed by atoms with van der Waals surface area (Å²) >= 11 is 14.6. The second-order valence-corrected chi connectivity index (χ2v) is 13.2. The lowest BCUT2D eigenvalue weighted by Crippen LogP contribution is -2.48. The van der Waals surface area contributed by atoms with E-state index < -0.39 is 0 Å². The van der Waals surface area contributed by atoms with Crippen molar-refractivity contribution in [3.63, 3.8) is 0 Å². The second kappa shape index (κ2) is 11.6. The second-order valence-electron chi connectivity index (χ2n) is 11.4. The Balaban J connectivity index is 1.43. The predicted molar refractivity (Wildman–Crippen MR) is 158 cm³/mol. The molecule has 206 valence electrons. The van der Waals surface area contributed by atoms with Crippen molar-refractivity contribution in [2.75, 3.05) is 26.2 Å². The van der Waals surface area contributed by atoms with Crippen molar-refractivity contribution in [3.8, 4) is 0 Å². The summed E-state index contributed by atoms with van der Waals surface area (Å²) in [6.07, 6.45) is 2.55. The van der Waals surface area contributed by atoms with Gasteiger partial charge < -0.3 is 14.5 Å². The van der Waals surface area contributed by atoms with Gasteiger partial charge >= 0.3 is 0 Å². The number of amides is 2. The number of halogens is 2. The number of rotatable bonds is 6. The fraction of sp³-hybridized carbons (Fsp3) is 0.419. The molecule has 2 unspecified atom stereocenters. The van der Waals surface area contributed by atoms with Crippen molar-refractivity contribution >= 4 is 46.4 Å². The Hall–Kier alpha value is -2.38. The summed E-state index contributed by atoms with van der Waals surface area (Å²) in [7, 11) is 0. The van der Waals surface area contributed by atoms with Gasteiger partial charge in [-0.15, -0.1) is 11.3 Å². The van der Waals surface area contributed by atoms with Crippen LogP contribution in [0.4, 0.5) is 0 Å². The summed E-state index contributed by atoms with van der Waals surface area (Å²) in [5.41, 5.74) is 3.64. The van der Waals surface area contributed by atoms with Crippen LogP contribution in [0, 0.1) is 0 Å². The van der Waals surface area contributed by atoms with E-state index in [1.54, 1.807) is 28.4 Å². The molecule has 2 aliphatic heterocycles. The lowest BCUT2D eigenvalue weighted by Gasteiger charge is -2.38. The van der Waals surface area contributed by atoms with Gasteiger partial charge in [-0.2, -0.15) is 0 Å². The molecule has 0 aliphatic carbocycles. The van der Waals surface area contributed by atoms with Crippen molar-refractivity contribution in [1.82, 2.24) is 9.80 Å². The Labute approximate surface area is 244 Å². The Morgan fingerprint density at radius 2 is 1.85 bits per heavy atom. The molecule has 1 fully saturated rings. The zero-order valence-electron chi connectivity index (χ0n) is 22.6. The Kier molecular flexibility index (Phi) is 8.39. The Morgan fingerprint density at radius 3 is 2.51 bits per heavy atom. The van der Waals surface area contributed by atoms with Gasteiger partial charge in [-0.3, -0.25) is 9.59 Å². The fourth-order valence-corrected chi connectivity index (χ4v) is 6.86. The van der Waals surface area contributed by atoms with Crippen molar-refractivity contribution in [2.24, 2.45) is 0 Å². The van der Waals surface area contributed by atoms with Crippen LogP contribution in [0.5, 0.6) is 0 Å². The van der Waals surface area contributed by atoms with E-state index in [4.69, 9.17) is 27.9 Å². The highest BCUT2D eigenvalue weighted by Crippen LogP contribution is 2.41. The predicted octanol–water partition coefficient (Wildman–Crippen LogP) is 7.15. The monoisotopic (exact) mass is 584 g/mol. The van der Waals surface area contributed by atoms with Gasteiger partial charge in [0.1, 0.15) is 6.54 Å². The highest BCUT2D eigenvalue weighted by Gasteiger charge is 2.36. The van der Waals surface area contributed by atoms with Crippen LogP contribution < -0.4 is 0 Å².